The van der Waals surface area contributed by atoms with Gasteiger partial charge in [-0.1, -0.05) is 0 Å². The molecule has 0 fully saturated rings. The van der Waals surface area contributed by atoms with Crippen LogP contribution in [0.1, 0.15) is 0 Å². The molecule has 0 aromatic carbocycles. The second-order valence-corrected chi connectivity index (χ2v) is 2.69. The van der Waals surface area contributed by atoms with Gasteiger partial charge < -0.3 is 0 Å². The van der Waals surface area contributed by atoms with Crippen molar-refractivity contribution < 1.29 is 35.1 Å². The standard InChI is InChI=1S/C3BrF8N/c4-1(5,6)13(2(7,8)9)3(10,11)12. The first-order chi connectivity index (χ1) is 5.37. The number of rotatable bonds is 1. The van der Waals surface area contributed by atoms with E-state index in [-0.39, 0.29) is 0 Å². The number of nitrogens with zero attached hydrogens (tertiary/aromatic N) is 1. The average molecular weight is 282 g/mol. The molecule has 1 nitrogen and oxygen atoms in total. The maximum Gasteiger partial charge on any atom is 0.472 e. The zero-order valence-corrected chi connectivity index (χ0v) is 6.93. The minimum atomic E-state index is -6.20. The van der Waals surface area contributed by atoms with Crippen LogP contribution in [0.25, 0.3) is 0 Å². The lowest BCUT2D eigenvalue weighted by molar-refractivity contribution is -0.417. The summed E-state index contributed by atoms with van der Waals surface area (Å²) in [7, 11) is 0. The minimum Gasteiger partial charge on any atom is -0.176 e. The number of hydrogen-bond acceptors (Lipinski definition) is 1. The Morgan fingerprint density at radius 2 is 0.923 bits per heavy atom. The molecule has 0 unspecified atom stereocenters. The molecule has 0 aliphatic heterocycles. The Bertz CT molecular complexity index is 142. The SMILES string of the molecule is FC(F)(F)N(C(F)(F)F)C(F)(F)Br. The summed E-state index contributed by atoms with van der Waals surface area (Å²) in [4.78, 5) is -8.07. The monoisotopic (exact) mass is 281 g/mol. The number of halogens is 9. The first-order valence-corrected chi connectivity index (χ1v) is 3.16. The van der Waals surface area contributed by atoms with Gasteiger partial charge in [0.15, 0.2) is 0 Å². The summed E-state index contributed by atoms with van der Waals surface area (Å²) in [5, 5.41) is 0. The maximum absolute atomic E-state index is 11.8. The summed E-state index contributed by atoms with van der Waals surface area (Å²) in [6, 6.07) is 0. The van der Waals surface area contributed by atoms with Gasteiger partial charge in [-0.3, -0.25) is 0 Å². The molecule has 0 aliphatic carbocycles. The summed E-state index contributed by atoms with van der Waals surface area (Å²) < 4.78 is 92.0. The van der Waals surface area contributed by atoms with Crippen molar-refractivity contribution in [3.8, 4) is 0 Å². The quantitative estimate of drug-likeness (QED) is 0.405. The molecule has 0 N–H and O–H groups in total. The third-order valence-corrected chi connectivity index (χ3v) is 1.12. The first-order valence-electron chi connectivity index (χ1n) is 2.37. The van der Waals surface area contributed by atoms with Gasteiger partial charge in [-0.15, -0.1) is 0 Å². The lowest BCUT2D eigenvalue weighted by Gasteiger charge is -2.29. The molecule has 0 amide bonds. The van der Waals surface area contributed by atoms with Gasteiger partial charge in [0.1, 0.15) is 0 Å². The molecule has 80 valence electrons. The second-order valence-electron chi connectivity index (χ2n) is 1.74. The van der Waals surface area contributed by atoms with Crippen molar-refractivity contribution in [1.82, 2.24) is 4.90 Å². The van der Waals surface area contributed by atoms with Gasteiger partial charge in [0.2, 0.25) is 0 Å². The van der Waals surface area contributed by atoms with Gasteiger partial charge in [-0.05, 0) is 4.90 Å². The zero-order chi connectivity index (χ0) is 11.1. The third-order valence-electron chi connectivity index (χ3n) is 0.761. The van der Waals surface area contributed by atoms with Crippen LogP contribution in [0.15, 0.2) is 0 Å². The Hall–Kier alpha value is -0.120. The summed E-state index contributed by atoms with van der Waals surface area (Å²) in [6.45, 7) is 0. The highest BCUT2D eigenvalue weighted by atomic mass is 79.9. The van der Waals surface area contributed by atoms with E-state index in [1.54, 1.807) is 0 Å². The lowest BCUT2D eigenvalue weighted by atomic mass is 10.8. The third kappa shape index (κ3) is 3.63. The predicted octanol–water partition coefficient (Wildman–Crippen LogP) is 3.27. The van der Waals surface area contributed by atoms with E-state index in [1.165, 1.54) is 0 Å². The van der Waals surface area contributed by atoms with E-state index < -0.39 is 22.5 Å². The number of alkyl halides is 9. The van der Waals surface area contributed by atoms with E-state index in [0.29, 0.717) is 0 Å². The maximum atomic E-state index is 11.8. The van der Waals surface area contributed by atoms with Crippen LogP contribution in [0.2, 0.25) is 0 Å². The molecule has 13 heavy (non-hydrogen) atoms. The van der Waals surface area contributed by atoms with Gasteiger partial charge in [0.05, 0.1) is 0 Å². The van der Waals surface area contributed by atoms with Crippen molar-refractivity contribution in [2.45, 2.75) is 17.6 Å². The topological polar surface area (TPSA) is 3.24 Å². The van der Waals surface area contributed by atoms with Gasteiger partial charge in [-0.2, -0.15) is 35.1 Å². The van der Waals surface area contributed by atoms with E-state index in [1.807, 2.05) is 0 Å². The van der Waals surface area contributed by atoms with Crippen LogP contribution in [0.5, 0.6) is 0 Å². The highest BCUT2D eigenvalue weighted by Crippen LogP contribution is 2.44. The predicted molar refractivity (Wildman–Crippen MR) is 27.8 cm³/mol. The van der Waals surface area contributed by atoms with Crippen LogP contribution in [-0.4, -0.2) is 22.5 Å². The van der Waals surface area contributed by atoms with E-state index in [0.717, 1.165) is 15.9 Å². The summed E-state index contributed by atoms with van der Waals surface area (Å²) in [5.41, 5.74) is 0. The Morgan fingerprint density at radius 1 is 0.692 bits per heavy atom. The van der Waals surface area contributed by atoms with Crippen molar-refractivity contribution in [3.05, 3.63) is 0 Å². The Morgan fingerprint density at radius 3 is 0.923 bits per heavy atom. The molecule has 0 bridgehead atoms. The van der Waals surface area contributed by atoms with Crippen molar-refractivity contribution in [2.75, 3.05) is 0 Å². The van der Waals surface area contributed by atoms with E-state index in [4.69, 9.17) is 0 Å². The van der Waals surface area contributed by atoms with Crippen LogP contribution in [0, 0.1) is 0 Å². The molecule has 0 spiro atoms. The van der Waals surface area contributed by atoms with Crippen molar-refractivity contribution in [1.29, 1.82) is 0 Å². The molecule has 0 rings (SSSR count). The molecule has 0 aromatic rings. The minimum absolute atomic E-state index is 0.969. The fraction of sp³-hybridized carbons (Fsp3) is 1.00. The highest BCUT2D eigenvalue weighted by molar-refractivity contribution is 9.09. The fourth-order valence-corrected chi connectivity index (χ4v) is 0.833. The first kappa shape index (κ1) is 12.9. The molecule has 0 atom stereocenters. The molecule has 0 radical (unpaired) electrons. The molecule has 0 aromatic heterocycles. The molecule has 0 heterocycles. The normalized spacial score (nSPS) is 15.2. The van der Waals surface area contributed by atoms with Crippen molar-refractivity contribution >= 4 is 15.9 Å². The van der Waals surface area contributed by atoms with Crippen LogP contribution < -0.4 is 0 Å². The molecule has 0 saturated heterocycles. The van der Waals surface area contributed by atoms with Gasteiger partial charge in [-0.25, -0.2) is 0 Å². The number of hydrogen-bond donors (Lipinski definition) is 0. The van der Waals surface area contributed by atoms with Gasteiger partial charge >= 0.3 is 17.6 Å². The fourth-order valence-electron chi connectivity index (χ4n) is 0.431. The summed E-state index contributed by atoms with van der Waals surface area (Å²) in [5.74, 6) is 0. The summed E-state index contributed by atoms with van der Waals surface area (Å²) >= 11 is 0.969. The molecule has 0 aliphatic rings. The van der Waals surface area contributed by atoms with Crippen molar-refractivity contribution in [3.63, 3.8) is 0 Å². The van der Waals surface area contributed by atoms with Gasteiger partial charge in [0.25, 0.3) is 0 Å². The largest absolute Gasteiger partial charge is 0.472 e. The highest BCUT2D eigenvalue weighted by Gasteiger charge is 2.64. The van der Waals surface area contributed by atoms with Crippen LogP contribution in [-0.2, 0) is 0 Å². The van der Waals surface area contributed by atoms with Crippen LogP contribution in [0.4, 0.5) is 35.1 Å². The average Bonchev–Trinajstić information content (AvgIpc) is 1.44. The van der Waals surface area contributed by atoms with Gasteiger partial charge in [0, 0.05) is 15.9 Å². The van der Waals surface area contributed by atoms with E-state index >= 15 is 0 Å². The van der Waals surface area contributed by atoms with E-state index in [2.05, 4.69) is 0 Å². The Labute approximate surface area is 74.4 Å². The van der Waals surface area contributed by atoms with E-state index in [9.17, 15) is 35.1 Å². The summed E-state index contributed by atoms with van der Waals surface area (Å²) in [6.07, 6.45) is -12.4. The molecular formula is C3BrF8N. The van der Waals surface area contributed by atoms with Crippen molar-refractivity contribution in [2.24, 2.45) is 0 Å². The Balaban J connectivity index is 5.02. The molecular weight excluding hydrogens is 282 g/mol. The zero-order valence-electron chi connectivity index (χ0n) is 5.35. The van der Waals surface area contributed by atoms with Crippen LogP contribution in [0.3, 0.4) is 0 Å². The van der Waals surface area contributed by atoms with Crippen LogP contribution >= 0.6 is 15.9 Å². The Kier molecular flexibility index (Phi) is 3.20. The molecule has 10 heteroatoms. The lowest BCUT2D eigenvalue weighted by Crippen LogP contribution is -2.55. The smallest absolute Gasteiger partial charge is 0.176 e. The second kappa shape index (κ2) is 3.23. The molecule has 0 saturated carbocycles.